The summed E-state index contributed by atoms with van der Waals surface area (Å²) >= 11 is 0. The van der Waals surface area contributed by atoms with Gasteiger partial charge in [-0.2, -0.15) is 5.10 Å². The summed E-state index contributed by atoms with van der Waals surface area (Å²) in [5.74, 6) is 0.800. The van der Waals surface area contributed by atoms with E-state index in [9.17, 15) is 4.79 Å². The highest BCUT2D eigenvalue weighted by molar-refractivity contribution is 5.76. The van der Waals surface area contributed by atoms with Crippen molar-refractivity contribution in [1.82, 2.24) is 30.0 Å². The third-order valence-electron chi connectivity index (χ3n) is 4.81. The summed E-state index contributed by atoms with van der Waals surface area (Å²) < 4.78 is 1.74. The Labute approximate surface area is 157 Å². The number of nitrogens with one attached hydrogen (secondary N) is 1. The highest BCUT2D eigenvalue weighted by Crippen LogP contribution is 2.29. The molecule has 7 heteroatoms. The topological polar surface area (TPSA) is 85.6 Å². The monoisotopic (exact) mass is 362 g/mol. The number of fused-ring (bicyclic) bond motifs is 1. The van der Waals surface area contributed by atoms with Gasteiger partial charge in [-0.15, -0.1) is 0 Å². The van der Waals surface area contributed by atoms with Crippen molar-refractivity contribution < 1.29 is 4.79 Å². The van der Waals surface area contributed by atoms with Gasteiger partial charge in [0.25, 0.3) is 0 Å². The number of aryl methyl sites for hydroxylation is 2. The number of nitrogens with zero attached hydrogens (tertiary/aromatic N) is 5. The van der Waals surface area contributed by atoms with Crippen LogP contribution >= 0.6 is 0 Å². The summed E-state index contributed by atoms with van der Waals surface area (Å²) in [6.45, 7) is 0.693. The number of benzene rings is 1. The molecule has 2 aromatic heterocycles. The van der Waals surface area contributed by atoms with Gasteiger partial charge in [0.2, 0.25) is 5.91 Å². The van der Waals surface area contributed by atoms with E-state index in [2.05, 4.69) is 20.4 Å². The zero-order chi connectivity index (χ0) is 18.5. The second-order valence-corrected chi connectivity index (χ2v) is 6.74. The van der Waals surface area contributed by atoms with E-state index in [1.807, 2.05) is 36.5 Å². The minimum atomic E-state index is -0.00237. The lowest BCUT2D eigenvalue weighted by molar-refractivity contribution is -0.122. The van der Waals surface area contributed by atoms with Gasteiger partial charge in [0.1, 0.15) is 12.7 Å². The normalized spacial score (nSPS) is 15.9. The number of carbonyl (C=O) groups excluding carboxylic acids is 1. The molecule has 0 fully saturated rings. The van der Waals surface area contributed by atoms with Gasteiger partial charge < -0.3 is 5.32 Å². The summed E-state index contributed by atoms with van der Waals surface area (Å²) in [5.41, 5.74) is 3.10. The molecule has 27 heavy (non-hydrogen) atoms. The molecule has 1 amide bonds. The predicted molar refractivity (Wildman–Crippen MR) is 101 cm³/mol. The minimum absolute atomic E-state index is 0.00237. The standard InChI is InChI=1S/C20H22N6O/c27-19(10-5-11-26-14-21-13-23-26)24-17-8-4-9-18-16(17)12-22-20(25-18)15-6-2-1-3-7-15/h1-3,6-7,12-14,17H,4-5,8-11H2,(H,24,27)/t17-/m1/s1. The van der Waals surface area contributed by atoms with E-state index in [0.717, 1.165) is 48.3 Å². The molecule has 4 rings (SSSR count). The first-order valence-electron chi connectivity index (χ1n) is 9.32. The molecule has 7 nitrogen and oxygen atoms in total. The molecule has 1 N–H and O–H groups in total. The Bertz CT molecular complexity index is 894. The zero-order valence-corrected chi connectivity index (χ0v) is 15.1. The quantitative estimate of drug-likeness (QED) is 0.729. The van der Waals surface area contributed by atoms with Crippen LogP contribution in [0.15, 0.2) is 49.2 Å². The second kappa shape index (κ2) is 8.07. The van der Waals surface area contributed by atoms with Crippen LogP contribution in [0, 0.1) is 0 Å². The van der Waals surface area contributed by atoms with Gasteiger partial charge in [-0.05, 0) is 25.7 Å². The number of aromatic nitrogens is 5. The first-order chi connectivity index (χ1) is 13.3. The van der Waals surface area contributed by atoms with Gasteiger partial charge in [0.05, 0.1) is 6.04 Å². The van der Waals surface area contributed by atoms with Crippen LogP contribution in [0.3, 0.4) is 0 Å². The van der Waals surface area contributed by atoms with Crippen molar-refractivity contribution in [2.75, 3.05) is 0 Å². The third kappa shape index (κ3) is 4.19. The highest BCUT2D eigenvalue weighted by Gasteiger charge is 2.23. The fourth-order valence-corrected chi connectivity index (χ4v) is 3.44. The lowest BCUT2D eigenvalue weighted by atomic mass is 9.92. The fraction of sp³-hybridized carbons (Fsp3) is 0.350. The van der Waals surface area contributed by atoms with E-state index >= 15 is 0 Å². The lowest BCUT2D eigenvalue weighted by Crippen LogP contribution is -2.31. The van der Waals surface area contributed by atoms with Crippen LogP contribution in [-0.2, 0) is 17.8 Å². The van der Waals surface area contributed by atoms with Crippen molar-refractivity contribution in [1.29, 1.82) is 0 Å². The van der Waals surface area contributed by atoms with Crippen LogP contribution in [0.5, 0.6) is 0 Å². The molecule has 0 unspecified atom stereocenters. The number of amides is 1. The van der Waals surface area contributed by atoms with Crippen LogP contribution in [-0.4, -0.2) is 30.6 Å². The Hall–Kier alpha value is -3.09. The van der Waals surface area contributed by atoms with E-state index in [1.54, 1.807) is 11.0 Å². The molecule has 1 aromatic carbocycles. The van der Waals surface area contributed by atoms with Gasteiger partial charge in [0, 0.05) is 36.0 Å². The Balaban J connectivity index is 1.40. The molecule has 0 spiro atoms. The first-order valence-corrected chi connectivity index (χ1v) is 9.32. The van der Waals surface area contributed by atoms with E-state index in [1.165, 1.54) is 6.33 Å². The molecule has 0 aliphatic heterocycles. The van der Waals surface area contributed by atoms with E-state index in [-0.39, 0.29) is 11.9 Å². The second-order valence-electron chi connectivity index (χ2n) is 6.74. The summed E-state index contributed by atoms with van der Waals surface area (Å²) in [6.07, 6.45) is 9.12. The maximum Gasteiger partial charge on any atom is 0.220 e. The molecular weight excluding hydrogens is 340 g/mol. The highest BCUT2D eigenvalue weighted by atomic mass is 16.1. The summed E-state index contributed by atoms with van der Waals surface area (Å²) in [7, 11) is 0. The van der Waals surface area contributed by atoms with Crippen LogP contribution in [0.4, 0.5) is 0 Å². The lowest BCUT2D eigenvalue weighted by Gasteiger charge is -2.25. The van der Waals surface area contributed by atoms with Crippen molar-refractivity contribution in [2.24, 2.45) is 0 Å². The van der Waals surface area contributed by atoms with Crippen LogP contribution in [0.25, 0.3) is 11.4 Å². The molecule has 0 radical (unpaired) electrons. The Morgan fingerprint density at radius 2 is 2.15 bits per heavy atom. The van der Waals surface area contributed by atoms with Crippen LogP contribution < -0.4 is 5.32 Å². The summed E-state index contributed by atoms with van der Waals surface area (Å²) in [6, 6.07) is 9.98. The van der Waals surface area contributed by atoms with E-state index < -0.39 is 0 Å². The molecule has 138 valence electrons. The number of rotatable bonds is 6. The molecule has 0 bridgehead atoms. The third-order valence-corrected chi connectivity index (χ3v) is 4.81. The Morgan fingerprint density at radius 1 is 1.26 bits per heavy atom. The zero-order valence-electron chi connectivity index (χ0n) is 15.1. The molecule has 0 saturated carbocycles. The van der Waals surface area contributed by atoms with Crippen molar-refractivity contribution in [2.45, 2.75) is 44.7 Å². The van der Waals surface area contributed by atoms with Crippen LogP contribution in [0.2, 0.25) is 0 Å². The largest absolute Gasteiger partial charge is 0.349 e. The first kappa shape index (κ1) is 17.3. The molecule has 1 aliphatic rings. The molecule has 3 aromatic rings. The molecular formula is C20H22N6O. The van der Waals surface area contributed by atoms with Gasteiger partial charge in [0.15, 0.2) is 5.82 Å². The Kier molecular flexibility index (Phi) is 5.18. The molecule has 1 aliphatic carbocycles. The number of hydrogen-bond donors (Lipinski definition) is 1. The minimum Gasteiger partial charge on any atom is -0.349 e. The van der Waals surface area contributed by atoms with Crippen molar-refractivity contribution >= 4 is 5.91 Å². The Morgan fingerprint density at radius 3 is 2.96 bits per heavy atom. The van der Waals surface area contributed by atoms with Gasteiger partial charge in [-0.3, -0.25) is 9.48 Å². The van der Waals surface area contributed by atoms with Crippen LogP contribution in [0.1, 0.15) is 43.0 Å². The SMILES string of the molecule is O=C(CCCn1cncn1)N[C@@H]1CCCc2nc(-c3ccccc3)ncc21. The van der Waals surface area contributed by atoms with Gasteiger partial charge in [-0.1, -0.05) is 30.3 Å². The maximum absolute atomic E-state index is 12.3. The maximum atomic E-state index is 12.3. The van der Waals surface area contributed by atoms with Gasteiger partial charge >= 0.3 is 0 Å². The fourth-order valence-electron chi connectivity index (χ4n) is 3.44. The summed E-state index contributed by atoms with van der Waals surface area (Å²) in [4.78, 5) is 25.5. The molecule has 0 saturated heterocycles. The van der Waals surface area contributed by atoms with Gasteiger partial charge in [-0.25, -0.2) is 15.0 Å². The predicted octanol–water partition coefficient (Wildman–Crippen LogP) is 2.71. The molecule has 2 heterocycles. The van der Waals surface area contributed by atoms with Crippen molar-refractivity contribution in [3.05, 3.63) is 60.4 Å². The van der Waals surface area contributed by atoms with Crippen molar-refractivity contribution in [3.63, 3.8) is 0 Å². The average Bonchev–Trinajstić information content (AvgIpc) is 3.22. The number of carbonyl (C=O) groups is 1. The smallest absolute Gasteiger partial charge is 0.220 e. The summed E-state index contributed by atoms with van der Waals surface area (Å²) in [5, 5.41) is 7.20. The number of hydrogen-bond acceptors (Lipinski definition) is 5. The molecule has 1 atom stereocenters. The van der Waals surface area contributed by atoms with E-state index in [4.69, 9.17) is 4.98 Å². The van der Waals surface area contributed by atoms with E-state index in [0.29, 0.717) is 13.0 Å². The van der Waals surface area contributed by atoms with Crippen molar-refractivity contribution in [3.8, 4) is 11.4 Å². The average molecular weight is 362 g/mol.